The molecule has 0 radical (unpaired) electrons. The number of hydrogen-bond acceptors (Lipinski definition) is 5. The Kier molecular flexibility index (Phi) is 5.99. The molecule has 8 nitrogen and oxygen atoms in total. The molecular weight excluding hydrogens is 392 g/mol. The van der Waals surface area contributed by atoms with Gasteiger partial charge in [-0.25, -0.2) is 0 Å². The summed E-state index contributed by atoms with van der Waals surface area (Å²) >= 11 is 0. The maximum Gasteiger partial charge on any atom is 0.272 e. The molecule has 0 atom stereocenters. The zero-order valence-corrected chi connectivity index (χ0v) is 17.9. The van der Waals surface area contributed by atoms with E-state index >= 15 is 0 Å². The largest absolute Gasteiger partial charge is 0.497 e. The Morgan fingerprint density at radius 3 is 2.81 bits per heavy atom. The Balaban J connectivity index is 1.63. The standard InChI is InChI=1S/C23H26N6O2/c1-28(2)9-10-29-21-12-17(18-14-25-26-15-18)7-8-20(21)22(27-29)23(30)24-13-16-5-4-6-19(11-16)31-3/h4-8,11-12,14-15H,9-10,13H2,1-3H3,(H,24,30)(H,25,26). The van der Waals surface area contributed by atoms with Crippen molar-refractivity contribution < 1.29 is 9.53 Å². The molecule has 160 valence electrons. The van der Waals surface area contributed by atoms with E-state index < -0.39 is 0 Å². The van der Waals surface area contributed by atoms with E-state index in [2.05, 4.69) is 31.6 Å². The zero-order chi connectivity index (χ0) is 21.8. The van der Waals surface area contributed by atoms with Crippen molar-refractivity contribution in [1.82, 2.24) is 30.2 Å². The molecule has 8 heteroatoms. The molecule has 31 heavy (non-hydrogen) atoms. The summed E-state index contributed by atoms with van der Waals surface area (Å²) in [5, 5.41) is 15.3. The monoisotopic (exact) mass is 418 g/mol. The van der Waals surface area contributed by atoms with Gasteiger partial charge in [0, 0.05) is 30.2 Å². The van der Waals surface area contributed by atoms with Crippen LogP contribution in [0.25, 0.3) is 22.0 Å². The van der Waals surface area contributed by atoms with Crippen molar-refractivity contribution in [3.05, 3.63) is 66.1 Å². The normalized spacial score (nSPS) is 11.2. The first-order valence-electron chi connectivity index (χ1n) is 10.1. The summed E-state index contributed by atoms with van der Waals surface area (Å²) in [6, 6.07) is 13.6. The smallest absolute Gasteiger partial charge is 0.272 e. The number of hydrogen-bond donors (Lipinski definition) is 2. The molecule has 2 aromatic heterocycles. The minimum atomic E-state index is -0.201. The van der Waals surface area contributed by atoms with Crippen molar-refractivity contribution >= 4 is 16.8 Å². The number of ether oxygens (including phenoxy) is 1. The topological polar surface area (TPSA) is 88.1 Å². The summed E-state index contributed by atoms with van der Waals surface area (Å²) in [6.45, 7) is 1.90. The van der Waals surface area contributed by atoms with Gasteiger partial charge in [-0.15, -0.1) is 0 Å². The summed E-state index contributed by atoms with van der Waals surface area (Å²) < 4.78 is 7.16. The molecule has 0 fully saturated rings. The number of fused-ring (bicyclic) bond motifs is 1. The van der Waals surface area contributed by atoms with Crippen LogP contribution in [0.4, 0.5) is 0 Å². The number of aromatic amines is 1. The van der Waals surface area contributed by atoms with E-state index in [1.165, 1.54) is 0 Å². The Morgan fingerprint density at radius 1 is 1.19 bits per heavy atom. The molecule has 2 heterocycles. The molecule has 0 saturated carbocycles. The summed E-state index contributed by atoms with van der Waals surface area (Å²) in [6.07, 6.45) is 3.63. The highest BCUT2D eigenvalue weighted by molar-refractivity contribution is 6.05. The molecule has 0 aliphatic heterocycles. The summed E-state index contributed by atoms with van der Waals surface area (Å²) in [5.74, 6) is 0.560. The number of rotatable bonds is 8. The Bertz CT molecular complexity index is 1180. The number of benzene rings is 2. The lowest BCUT2D eigenvalue weighted by Crippen LogP contribution is -2.24. The number of carbonyl (C=O) groups excluding carboxylic acids is 1. The summed E-state index contributed by atoms with van der Waals surface area (Å²) in [7, 11) is 5.66. The van der Waals surface area contributed by atoms with Crippen LogP contribution in [-0.2, 0) is 13.1 Å². The summed E-state index contributed by atoms with van der Waals surface area (Å²) in [4.78, 5) is 15.1. The Labute approximate surface area is 180 Å². The minimum Gasteiger partial charge on any atom is -0.497 e. The van der Waals surface area contributed by atoms with Gasteiger partial charge in [0.05, 0.1) is 25.4 Å². The van der Waals surface area contributed by atoms with Gasteiger partial charge >= 0.3 is 0 Å². The number of carbonyl (C=O) groups is 1. The van der Waals surface area contributed by atoms with Gasteiger partial charge in [0.25, 0.3) is 5.91 Å². The number of likely N-dealkylation sites (N-methyl/N-ethyl adjacent to an activating group) is 1. The van der Waals surface area contributed by atoms with Gasteiger partial charge in [-0.2, -0.15) is 10.2 Å². The van der Waals surface area contributed by atoms with E-state index in [0.717, 1.165) is 39.9 Å². The second-order valence-corrected chi connectivity index (χ2v) is 7.63. The fraction of sp³-hybridized carbons (Fsp3) is 0.261. The molecular formula is C23H26N6O2. The number of amides is 1. The first kappa shape index (κ1) is 20.6. The Hall–Kier alpha value is -3.65. The van der Waals surface area contributed by atoms with E-state index in [1.54, 1.807) is 13.3 Å². The third-order valence-corrected chi connectivity index (χ3v) is 5.14. The molecule has 4 aromatic rings. The van der Waals surface area contributed by atoms with Crippen molar-refractivity contribution in [2.75, 3.05) is 27.7 Å². The molecule has 0 bridgehead atoms. The third-order valence-electron chi connectivity index (χ3n) is 5.14. The van der Waals surface area contributed by atoms with Crippen molar-refractivity contribution in [2.45, 2.75) is 13.1 Å². The lowest BCUT2D eigenvalue weighted by molar-refractivity contribution is 0.0946. The highest BCUT2D eigenvalue weighted by Crippen LogP contribution is 2.26. The molecule has 1 amide bonds. The van der Waals surface area contributed by atoms with Crippen LogP contribution >= 0.6 is 0 Å². The first-order valence-corrected chi connectivity index (χ1v) is 10.1. The van der Waals surface area contributed by atoms with Crippen molar-refractivity contribution in [3.63, 3.8) is 0 Å². The molecule has 0 spiro atoms. The quantitative estimate of drug-likeness (QED) is 0.459. The van der Waals surface area contributed by atoms with Crippen molar-refractivity contribution in [2.24, 2.45) is 0 Å². The van der Waals surface area contributed by atoms with E-state index in [0.29, 0.717) is 18.8 Å². The highest BCUT2D eigenvalue weighted by atomic mass is 16.5. The van der Waals surface area contributed by atoms with Gasteiger partial charge < -0.3 is 15.0 Å². The molecule has 4 rings (SSSR count). The van der Waals surface area contributed by atoms with Crippen molar-refractivity contribution in [3.8, 4) is 16.9 Å². The number of aromatic nitrogens is 4. The summed E-state index contributed by atoms with van der Waals surface area (Å²) in [5.41, 5.74) is 4.33. The average Bonchev–Trinajstić information content (AvgIpc) is 3.44. The fourth-order valence-electron chi connectivity index (χ4n) is 3.44. The lowest BCUT2D eigenvalue weighted by atomic mass is 10.1. The van der Waals surface area contributed by atoms with Gasteiger partial charge in [0.1, 0.15) is 5.75 Å². The van der Waals surface area contributed by atoms with E-state index in [-0.39, 0.29) is 5.91 Å². The second-order valence-electron chi connectivity index (χ2n) is 7.63. The van der Waals surface area contributed by atoms with E-state index in [9.17, 15) is 4.79 Å². The fourth-order valence-corrected chi connectivity index (χ4v) is 3.44. The molecule has 0 saturated heterocycles. The van der Waals surface area contributed by atoms with Crippen LogP contribution < -0.4 is 10.1 Å². The van der Waals surface area contributed by atoms with Crippen LogP contribution in [0.2, 0.25) is 0 Å². The van der Waals surface area contributed by atoms with Crippen LogP contribution in [0.3, 0.4) is 0 Å². The Morgan fingerprint density at radius 2 is 2.06 bits per heavy atom. The third kappa shape index (κ3) is 4.59. The maximum absolute atomic E-state index is 13.0. The molecule has 0 unspecified atom stereocenters. The van der Waals surface area contributed by atoms with Gasteiger partial charge in [0.2, 0.25) is 0 Å². The first-order chi connectivity index (χ1) is 15.0. The predicted molar refractivity (Wildman–Crippen MR) is 120 cm³/mol. The number of H-pyrrole nitrogens is 1. The zero-order valence-electron chi connectivity index (χ0n) is 17.9. The minimum absolute atomic E-state index is 0.201. The van der Waals surface area contributed by atoms with Crippen LogP contribution in [0.5, 0.6) is 5.75 Å². The molecule has 0 aliphatic rings. The second kappa shape index (κ2) is 9.01. The lowest BCUT2D eigenvalue weighted by Gasteiger charge is -2.10. The van der Waals surface area contributed by atoms with E-state index in [4.69, 9.17) is 4.74 Å². The van der Waals surface area contributed by atoms with Gasteiger partial charge in [-0.1, -0.05) is 18.2 Å². The van der Waals surface area contributed by atoms with Gasteiger partial charge in [0.15, 0.2) is 5.69 Å². The number of methoxy groups -OCH3 is 1. The molecule has 0 aliphatic carbocycles. The molecule has 2 aromatic carbocycles. The van der Waals surface area contributed by atoms with Crippen molar-refractivity contribution in [1.29, 1.82) is 0 Å². The SMILES string of the molecule is COc1cccc(CNC(=O)c2nn(CCN(C)C)c3cc(-c4cn[nH]c4)ccc23)c1. The van der Waals surface area contributed by atoms with Crippen LogP contribution in [-0.4, -0.2) is 58.5 Å². The van der Waals surface area contributed by atoms with Gasteiger partial charge in [-0.05, 0) is 49.5 Å². The number of nitrogens with one attached hydrogen (secondary N) is 2. The van der Waals surface area contributed by atoms with Gasteiger partial charge in [-0.3, -0.25) is 14.6 Å². The van der Waals surface area contributed by atoms with Crippen LogP contribution in [0, 0.1) is 0 Å². The average molecular weight is 419 g/mol. The van der Waals surface area contributed by atoms with Crippen LogP contribution in [0.15, 0.2) is 54.9 Å². The van der Waals surface area contributed by atoms with E-state index in [1.807, 2.05) is 61.4 Å². The van der Waals surface area contributed by atoms with Crippen LogP contribution in [0.1, 0.15) is 16.1 Å². The maximum atomic E-state index is 13.0. The number of nitrogens with zero attached hydrogens (tertiary/aromatic N) is 4. The molecule has 2 N–H and O–H groups in total. The predicted octanol–water partition coefficient (Wildman–Crippen LogP) is 2.93. The highest BCUT2D eigenvalue weighted by Gasteiger charge is 2.18.